The lowest BCUT2D eigenvalue weighted by molar-refractivity contribution is 0.498. The second-order valence-electron chi connectivity index (χ2n) is 5.65. The van der Waals surface area contributed by atoms with Gasteiger partial charge in [-0.25, -0.2) is 13.1 Å². The van der Waals surface area contributed by atoms with Gasteiger partial charge in [-0.15, -0.1) is 0 Å². The van der Waals surface area contributed by atoms with Gasteiger partial charge in [-0.1, -0.05) is 13.3 Å². The number of nitrogen functional groups attached to an aromatic ring is 1. The molecule has 0 bridgehead atoms. The molecule has 3 N–H and O–H groups in total. The molecule has 2 unspecified atom stereocenters. The SMILES string of the molecule is Cc1cc(S(=O)(=O)NCC2CCC(C)C2)ccc1N. The minimum Gasteiger partial charge on any atom is -0.399 e. The minimum atomic E-state index is -3.41. The third-order valence-corrected chi connectivity index (χ3v) is 5.34. The van der Waals surface area contributed by atoms with Crippen molar-refractivity contribution in [3.63, 3.8) is 0 Å². The molecule has 0 heterocycles. The molecule has 1 aliphatic carbocycles. The maximum Gasteiger partial charge on any atom is 0.240 e. The fourth-order valence-corrected chi connectivity index (χ4v) is 3.84. The number of anilines is 1. The van der Waals surface area contributed by atoms with E-state index in [0.717, 1.165) is 18.4 Å². The van der Waals surface area contributed by atoms with E-state index in [-0.39, 0.29) is 0 Å². The summed E-state index contributed by atoms with van der Waals surface area (Å²) in [5.74, 6) is 1.19. The average Bonchev–Trinajstić information content (AvgIpc) is 2.76. The topological polar surface area (TPSA) is 72.2 Å². The highest BCUT2D eigenvalue weighted by atomic mass is 32.2. The largest absolute Gasteiger partial charge is 0.399 e. The Morgan fingerprint density at radius 3 is 2.68 bits per heavy atom. The molecular formula is C14H22N2O2S. The summed E-state index contributed by atoms with van der Waals surface area (Å²) < 4.78 is 27.1. The molecule has 1 fully saturated rings. The van der Waals surface area contributed by atoms with E-state index in [0.29, 0.717) is 29.0 Å². The highest BCUT2D eigenvalue weighted by Crippen LogP contribution is 2.30. The maximum absolute atomic E-state index is 12.2. The van der Waals surface area contributed by atoms with Crippen molar-refractivity contribution < 1.29 is 8.42 Å². The summed E-state index contributed by atoms with van der Waals surface area (Å²) >= 11 is 0. The zero-order chi connectivity index (χ0) is 14.0. The lowest BCUT2D eigenvalue weighted by atomic mass is 10.1. The predicted octanol–water partition coefficient (Wildman–Crippen LogP) is 2.29. The van der Waals surface area contributed by atoms with Gasteiger partial charge in [0.1, 0.15) is 0 Å². The molecule has 0 aliphatic heterocycles. The van der Waals surface area contributed by atoms with Crippen LogP contribution in [0.5, 0.6) is 0 Å². The summed E-state index contributed by atoms with van der Waals surface area (Å²) in [5, 5.41) is 0. The van der Waals surface area contributed by atoms with Crippen LogP contribution >= 0.6 is 0 Å². The zero-order valence-electron chi connectivity index (χ0n) is 11.5. The highest BCUT2D eigenvalue weighted by Gasteiger charge is 2.23. The Kier molecular flexibility index (Phi) is 4.16. The molecule has 1 saturated carbocycles. The first-order chi connectivity index (χ1) is 8.88. The van der Waals surface area contributed by atoms with E-state index in [1.165, 1.54) is 6.42 Å². The van der Waals surface area contributed by atoms with Crippen molar-refractivity contribution in [2.75, 3.05) is 12.3 Å². The molecule has 4 nitrogen and oxygen atoms in total. The lowest BCUT2D eigenvalue weighted by Crippen LogP contribution is -2.28. The van der Waals surface area contributed by atoms with Crippen LogP contribution in [-0.2, 0) is 10.0 Å². The summed E-state index contributed by atoms with van der Waals surface area (Å²) in [6, 6.07) is 4.82. The van der Waals surface area contributed by atoms with Crippen LogP contribution in [0.15, 0.2) is 23.1 Å². The zero-order valence-corrected chi connectivity index (χ0v) is 12.3. The van der Waals surface area contributed by atoms with E-state index >= 15 is 0 Å². The number of nitrogens with one attached hydrogen (secondary N) is 1. The van der Waals surface area contributed by atoms with E-state index in [1.54, 1.807) is 18.2 Å². The number of rotatable bonds is 4. The normalized spacial score (nSPS) is 23.7. The molecule has 0 amide bonds. The van der Waals surface area contributed by atoms with Crippen LogP contribution < -0.4 is 10.5 Å². The van der Waals surface area contributed by atoms with Gasteiger partial charge in [0.05, 0.1) is 4.90 Å². The van der Waals surface area contributed by atoms with Crippen molar-refractivity contribution in [1.29, 1.82) is 0 Å². The molecule has 0 saturated heterocycles. The van der Waals surface area contributed by atoms with Crippen LogP contribution in [0.4, 0.5) is 5.69 Å². The standard InChI is InChI=1S/C14H22N2O2S/c1-10-3-4-12(7-10)9-16-19(17,18)13-5-6-14(15)11(2)8-13/h5-6,8,10,12,16H,3-4,7,9,15H2,1-2H3. The number of hydrogen-bond donors (Lipinski definition) is 2. The maximum atomic E-state index is 12.2. The van der Waals surface area contributed by atoms with E-state index in [2.05, 4.69) is 11.6 Å². The Hall–Kier alpha value is -1.07. The summed E-state index contributed by atoms with van der Waals surface area (Å²) in [6.07, 6.45) is 3.43. The van der Waals surface area contributed by atoms with Gasteiger partial charge in [0.25, 0.3) is 0 Å². The average molecular weight is 282 g/mol. The second kappa shape index (κ2) is 5.51. The molecule has 5 heteroatoms. The number of hydrogen-bond acceptors (Lipinski definition) is 3. The molecule has 2 atom stereocenters. The van der Waals surface area contributed by atoms with E-state index in [9.17, 15) is 8.42 Å². The van der Waals surface area contributed by atoms with Crippen LogP contribution in [0.1, 0.15) is 31.7 Å². The van der Waals surface area contributed by atoms with Gasteiger partial charge in [0, 0.05) is 12.2 Å². The minimum absolute atomic E-state index is 0.297. The van der Waals surface area contributed by atoms with Gasteiger partial charge >= 0.3 is 0 Å². The van der Waals surface area contributed by atoms with Crippen LogP contribution in [-0.4, -0.2) is 15.0 Å². The summed E-state index contributed by atoms with van der Waals surface area (Å²) in [6.45, 7) is 4.57. The van der Waals surface area contributed by atoms with Gasteiger partial charge in [-0.05, 0) is 55.4 Å². The number of nitrogens with two attached hydrogens (primary N) is 1. The van der Waals surface area contributed by atoms with Crippen molar-refractivity contribution >= 4 is 15.7 Å². The Morgan fingerprint density at radius 2 is 2.11 bits per heavy atom. The monoisotopic (exact) mass is 282 g/mol. The third-order valence-electron chi connectivity index (χ3n) is 3.92. The molecule has 19 heavy (non-hydrogen) atoms. The van der Waals surface area contributed by atoms with Crippen molar-refractivity contribution in [3.05, 3.63) is 23.8 Å². The summed E-state index contributed by atoms with van der Waals surface area (Å²) in [7, 11) is -3.41. The fourth-order valence-electron chi connectivity index (χ4n) is 2.64. The third kappa shape index (κ3) is 3.48. The molecule has 106 valence electrons. The first-order valence-electron chi connectivity index (χ1n) is 6.74. The van der Waals surface area contributed by atoms with Crippen molar-refractivity contribution in [3.8, 4) is 0 Å². The molecule has 0 spiro atoms. The summed E-state index contributed by atoms with van der Waals surface area (Å²) in [5.41, 5.74) is 7.11. The Labute approximate surface area is 115 Å². The first kappa shape index (κ1) is 14.3. The van der Waals surface area contributed by atoms with Gasteiger partial charge in [0.2, 0.25) is 10.0 Å². The van der Waals surface area contributed by atoms with E-state index < -0.39 is 10.0 Å². The molecule has 0 radical (unpaired) electrons. The van der Waals surface area contributed by atoms with Gasteiger partial charge in [0.15, 0.2) is 0 Å². The molecule has 1 aliphatic rings. The van der Waals surface area contributed by atoms with Crippen molar-refractivity contribution in [1.82, 2.24) is 4.72 Å². The predicted molar refractivity (Wildman–Crippen MR) is 77.3 cm³/mol. The molecule has 0 aromatic heterocycles. The van der Waals surface area contributed by atoms with Crippen LogP contribution in [0.25, 0.3) is 0 Å². The smallest absolute Gasteiger partial charge is 0.240 e. The molecule has 2 rings (SSSR count). The Balaban J connectivity index is 2.03. The van der Waals surface area contributed by atoms with Crippen LogP contribution in [0.2, 0.25) is 0 Å². The molecule has 1 aromatic rings. The van der Waals surface area contributed by atoms with Crippen molar-refractivity contribution in [2.24, 2.45) is 11.8 Å². The number of benzene rings is 1. The van der Waals surface area contributed by atoms with E-state index in [1.807, 2.05) is 6.92 Å². The van der Waals surface area contributed by atoms with Crippen molar-refractivity contribution in [2.45, 2.75) is 38.0 Å². The second-order valence-corrected chi connectivity index (χ2v) is 7.42. The van der Waals surface area contributed by atoms with Crippen LogP contribution in [0, 0.1) is 18.8 Å². The van der Waals surface area contributed by atoms with E-state index in [4.69, 9.17) is 5.73 Å². The fraction of sp³-hybridized carbons (Fsp3) is 0.571. The Bertz CT molecular complexity index is 555. The molecule has 1 aromatic carbocycles. The lowest BCUT2D eigenvalue weighted by Gasteiger charge is -2.12. The molecular weight excluding hydrogens is 260 g/mol. The quantitative estimate of drug-likeness (QED) is 0.832. The Morgan fingerprint density at radius 1 is 1.37 bits per heavy atom. The number of sulfonamides is 1. The van der Waals surface area contributed by atoms with Gasteiger partial charge < -0.3 is 5.73 Å². The van der Waals surface area contributed by atoms with Gasteiger partial charge in [-0.2, -0.15) is 0 Å². The van der Waals surface area contributed by atoms with Crippen LogP contribution in [0.3, 0.4) is 0 Å². The highest BCUT2D eigenvalue weighted by molar-refractivity contribution is 7.89. The summed E-state index contributed by atoms with van der Waals surface area (Å²) in [4.78, 5) is 0.297. The first-order valence-corrected chi connectivity index (χ1v) is 8.22. The number of aryl methyl sites for hydroxylation is 1. The van der Waals surface area contributed by atoms with Gasteiger partial charge in [-0.3, -0.25) is 0 Å².